The second-order valence-electron chi connectivity index (χ2n) is 5.06. The first-order valence-corrected chi connectivity index (χ1v) is 7.77. The van der Waals surface area contributed by atoms with Crippen LogP contribution in [0, 0.1) is 6.92 Å². The molecule has 0 saturated heterocycles. The third-order valence-corrected chi connectivity index (χ3v) is 4.15. The van der Waals surface area contributed by atoms with Gasteiger partial charge in [-0.3, -0.25) is 9.48 Å². The number of nitrogens with one attached hydrogen (secondary N) is 1. The highest BCUT2D eigenvalue weighted by Crippen LogP contribution is 2.26. The quantitative estimate of drug-likeness (QED) is 0.749. The lowest BCUT2D eigenvalue weighted by Crippen LogP contribution is -2.14. The van der Waals surface area contributed by atoms with Crippen LogP contribution in [0.2, 0.25) is 0 Å². The van der Waals surface area contributed by atoms with Gasteiger partial charge in [0.15, 0.2) is 10.8 Å². The molecular formula is C15H14N4O3S. The fraction of sp³-hybridized carbons (Fsp3) is 0.200. The molecule has 2 aromatic heterocycles. The van der Waals surface area contributed by atoms with Crippen LogP contribution in [0.15, 0.2) is 30.5 Å². The van der Waals surface area contributed by atoms with Crippen LogP contribution in [0.1, 0.15) is 22.5 Å². The standard InChI is InChI=1S/C15H14N4O3S/c1-9-2-3-10-12(8-9)23-15(16-10)17-13(20)5-7-19-6-4-11(18-19)14(21)22/h2-4,6,8H,5,7H2,1H3,(H,21,22)(H,16,17,20). The number of aromatic nitrogens is 3. The number of hydrogen-bond donors (Lipinski definition) is 2. The van der Waals surface area contributed by atoms with Crippen LogP contribution in [0.3, 0.4) is 0 Å². The first-order valence-electron chi connectivity index (χ1n) is 6.95. The Hall–Kier alpha value is -2.74. The van der Waals surface area contributed by atoms with E-state index in [-0.39, 0.29) is 18.0 Å². The number of nitrogens with zero attached hydrogens (tertiary/aromatic N) is 3. The van der Waals surface area contributed by atoms with Crippen LogP contribution in [0.4, 0.5) is 5.13 Å². The maximum absolute atomic E-state index is 12.0. The van der Waals surface area contributed by atoms with Crippen molar-refractivity contribution in [3.63, 3.8) is 0 Å². The molecule has 0 fully saturated rings. The monoisotopic (exact) mass is 330 g/mol. The van der Waals surface area contributed by atoms with Crippen molar-refractivity contribution in [1.29, 1.82) is 0 Å². The molecule has 3 rings (SSSR count). The van der Waals surface area contributed by atoms with E-state index in [2.05, 4.69) is 15.4 Å². The predicted octanol–water partition coefficient (Wildman–Crippen LogP) is 2.53. The normalized spacial score (nSPS) is 10.8. The van der Waals surface area contributed by atoms with Crippen molar-refractivity contribution < 1.29 is 14.7 Å². The van der Waals surface area contributed by atoms with Gasteiger partial charge in [0, 0.05) is 19.2 Å². The van der Waals surface area contributed by atoms with Gasteiger partial charge in [-0.05, 0) is 30.7 Å². The van der Waals surface area contributed by atoms with Crippen LogP contribution in [-0.4, -0.2) is 31.7 Å². The van der Waals surface area contributed by atoms with E-state index >= 15 is 0 Å². The van der Waals surface area contributed by atoms with E-state index in [1.165, 1.54) is 28.3 Å². The van der Waals surface area contributed by atoms with Gasteiger partial charge in [-0.1, -0.05) is 17.4 Å². The van der Waals surface area contributed by atoms with Gasteiger partial charge < -0.3 is 10.4 Å². The van der Waals surface area contributed by atoms with Crippen molar-refractivity contribution in [1.82, 2.24) is 14.8 Å². The Morgan fingerprint density at radius 1 is 1.35 bits per heavy atom. The number of fused-ring (bicyclic) bond motifs is 1. The lowest BCUT2D eigenvalue weighted by atomic mass is 10.2. The molecule has 0 aliphatic heterocycles. The van der Waals surface area contributed by atoms with Gasteiger partial charge >= 0.3 is 5.97 Å². The highest BCUT2D eigenvalue weighted by molar-refractivity contribution is 7.22. The van der Waals surface area contributed by atoms with Crippen molar-refractivity contribution in [3.8, 4) is 0 Å². The summed E-state index contributed by atoms with van der Waals surface area (Å²) in [7, 11) is 0. The van der Waals surface area contributed by atoms with Gasteiger partial charge in [-0.25, -0.2) is 9.78 Å². The van der Waals surface area contributed by atoms with E-state index in [0.29, 0.717) is 11.7 Å². The fourth-order valence-electron chi connectivity index (χ4n) is 2.08. The van der Waals surface area contributed by atoms with E-state index < -0.39 is 5.97 Å². The number of benzene rings is 1. The summed E-state index contributed by atoms with van der Waals surface area (Å²) < 4.78 is 2.46. The zero-order chi connectivity index (χ0) is 16.4. The SMILES string of the molecule is Cc1ccc2nc(NC(=O)CCn3ccc(C(=O)O)n3)sc2c1. The molecule has 0 aliphatic rings. The molecule has 118 valence electrons. The van der Waals surface area contributed by atoms with Gasteiger partial charge in [-0.2, -0.15) is 5.10 Å². The minimum Gasteiger partial charge on any atom is -0.476 e. The smallest absolute Gasteiger partial charge is 0.356 e. The van der Waals surface area contributed by atoms with Gasteiger partial charge in [0.2, 0.25) is 5.91 Å². The van der Waals surface area contributed by atoms with Gasteiger partial charge in [-0.15, -0.1) is 0 Å². The molecule has 0 atom stereocenters. The third kappa shape index (κ3) is 3.54. The molecule has 3 aromatic rings. The summed E-state index contributed by atoms with van der Waals surface area (Å²) >= 11 is 1.43. The summed E-state index contributed by atoms with van der Waals surface area (Å²) in [6.45, 7) is 2.32. The maximum atomic E-state index is 12.0. The lowest BCUT2D eigenvalue weighted by molar-refractivity contribution is -0.116. The van der Waals surface area contributed by atoms with Crippen molar-refractivity contribution in [2.45, 2.75) is 19.9 Å². The molecule has 2 heterocycles. The molecule has 2 N–H and O–H groups in total. The first kappa shape index (κ1) is 15.2. The Morgan fingerprint density at radius 2 is 2.17 bits per heavy atom. The number of carboxylic acids is 1. The van der Waals surface area contributed by atoms with Crippen molar-refractivity contribution in [2.24, 2.45) is 0 Å². The molecule has 0 aliphatic carbocycles. The van der Waals surface area contributed by atoms with Crippen LogP contribution >= 0.6 is 11.3 Å². The second kappa shape index (κ2) is 6.17. The largest absolute Gasteiger partial charge is 0.476 e. The highest BCUT2D eigenvalue weighted by Gasteiger charge is 2.10. The van der Waals surface area contributed by atoms with Gasteiger partial charge in [0.05, 0.1) is 10.2 Å². The van der Waals surface area contributed by atoms with Gasteiger partial charge in [0.25, 0.3) is 0 Å². The number of thiazole rings is 1. The number of hydrogen-bond acceptors (Lipinski definition) is 5. The molecule has 8 heteroatoms. The minimum absolute atomic E-state index is 0.0352. The molecule has 23 heavy (non-hydrogen) atoms. The van der Waals surface area contributed by atoms with Crippen molar-refractivity contribution in [3.05, 3.63) is 41.7 Å². The molecule has 1 amide bonds. The van der Waals surface area contributed by atoms with E-state index in [0.717, 1.165) is 15.8 Å². The Morgan fingerprint density at radius 3 is 2.91 bits per heavy atom. The van der Waals surface area contributed by atoms with E-state index in [4.69, 9.17) is 5.11 Å². The third-order valence-electron chi connectivity index (χ3n) is 3.22. The average molecular weight is 330 g/mol. The highest BCUT2D eigenvalue weighted by atomic mass is 32.1. The van der Waals surface area contributed by atoms with E-state index in [9.17, 15) is 9.59 Å². The van der Waals surface area contributed by atoms with Gasteiger partial charge in [0.1, 0.15) is 0 Å². The molecule has 1 aromatic carbocycles. The summed E-state index contributed by atoms with van der Waals surface area (Å²) in [6.07, 6.45) is 1.73. The number of carboxylic acid groups (broad SMARTS) is 1. The summed E-state index contributed by atoms with van der Waals surface area (Å²) in [5.41, 5.74) is 1.97. The Balaban J connectivity index is 1.60. The molecule has 0 unspecified atom stereocenters. The molecule has 0 spiro atoms. The number of aryl methyl sites for hydroxylation is 2. The predicted molar refractivity (Wildman–Crippen MR) is 86.8 cm³/mol. The fourth-order valence-corrected chi connectivity index (χ4v) is 3.06. The number of carbonyl (C=O) groups is 2. The second-order valence-corrected chi connectivity index (χ2v) is 6.09. The zero-order valence-electron chi connectivity index (χ0n) is 12.3. The van der Waals surface area contributed by atoms with E-state index in [1.54, 1.807) is 0 Å². The van der Waals surface area contributed by atoms with Crippen LogP contribution in [-0.2, 0) is 11.3 Å². The van der Waals surface area contributed by atoms with Crippen LogP contribution < -0.4 is 5.32 Å². The zero-order valence-corrected chi connectivity index (χ0v) is 13.1. The summed E-state index contributed by atoms with van der Waals surface area (Å²) in [5, 5.41) is 16.0. The summed E-state index contributed by atoms with van der Waals surface area (Å²) in [5.74, 6) is -1.27. The molecule has 0 saturated carbocycles. The number of aromatic carboxylic acids is 1. The minimum atomic E-state index is -1.09. The van der Waals surface area contributed by atoms with Crippen molar-refractivity contribution >= 4 is 38.6 Å². The molecular weight excluding hydrogens is 316 g/mol. The first-order chi connectivity index (χ1) is 11.0. The summed E-state index contributed by atoms with van der Waals surface area (Å²) in [4.78, 5) is 27.1. The number of anilines is 1. The van der Waals surface area contributed by atoms with Crippen LogP contribution in [0.5, 0.6) is 0 Å². The maximum Gasteiger partial charge on any atom is 0.356 e. The Labute approximate surface area is 135 Å². The topological polar surface area (TPSA) is 97.1 Å². The van der Waals surface area contributed by atoms with E-state index in [1.807, 2.05) is 25.1 Å². The average Bonchev–Trinajstić information content (AvgIpc) is 3.10. The Bertz CT molecular complexity index is 884. The van der Waals surface area contributed by atoms with Crippen molar-refractivity contribution in [2.75, 3.05) is 5.32 Å². The molecule has 7 nitrogen and oxygen atoms in total. The lowest BCUT2D eigenvalue weighted by Gasteiger charge is -2.02. The summed E-state index contributed by atoms with van der Waals surface area (Å²) in [6, 6.07) is 7.33. The molecule has 0 radical (unpaired) electrons. The number of rotatable bonds is 5. The number of amides is 1. The molecule has 0 bridgehead atoms. The van der Waals surface area contributed by atoms with Crippen LogP contribution in [0.25, 0.3) is 10.2 Å². The number of carbonyl (C=O) groups excluding carboxylic acids is 1. The Kier molecular flexibility index (Phi) is 4.07.